The molecule has 1 aromatic carbocycles. The molecule has 1 fully saturated rings. The third-order valence-corrected chi connectivity index (χ3v) is 4.16. The lowest BCUT2D eigenvalue weighted by Gasteiger charge is -2.13. The van der Waals surface area contributed by atoms with Crippen molar-refractivity contribution in [3.8, 4) is 0 Å². The first-order chi connectivity index (χ1) is 11.8. The second kappa shape index (κ2) is 8.64. The number of hydrogen-bond acceptors (Lipinski definition) is 5. The van der Waals surface area contributed by atoms with E-state index in [9.17, 15) is 0 Å². The van der Waals surface area contributed by atoms with Crippen molar-refractivity contribution in [2.75, 3.05) is 30.3 Å². The second-order valence-electron chi connectivity index (χ2n) is 6.22. The SMILES string of the molecule is Cc1nc(NCCCc2ccccc2)cc(NCC2CCCO2)n1. The molecule has 0 saturated carbocycles. The molecule has 3 rings (SSSR count). The lowest BCUT2D eigenvalue weighted by Crippen LogP contribution is -2.19. The predicted octanol–water partition coefficient (Wildman–Crippen LogP) is 3.42. The van der Waals surface area contributed by atoms with E-state index in [2.05, 4.69) is 50.9 Å². The molecule has 2 aromatic rings. The van der Waals surface area contributed by atoms with Crippen LogP contribution < -0.4 is 10.6 Å². The van der Waals surface area contributed by atoms with Gasteiger partial charge in [-0.3, -0.25) is 0 Å². The largest absolute Gasteiger partial charge is 0.376 e. The van der Waals surface area contributed by atoms with Crippen molar-refractivity contribution in [3.63, 3.8) is 0 Å². The first-order valence-corrected chi connectivity index (χ1v) is 8.78. The predicted molar refractivity (Wildman–Crippen MR) is 97.5 cm³/mol. The molecule has 128 valence electrons. The van der Waals surface area contributed by atoms with Gasteiger partial charge in [0.2, 0.25) is 0 Å². The van der Waals surface area contributed by atoms with Crippen LogP contribution in [-0.4, -0.2) is 35.8 Å². The van der Waals surface area contributed by atoms with Gasteiger partial charge in [0.1, 0.15) is 17.5 Å². The van der Waals surface area contributed by atoms with Crippen LogP contribution in [0.25, 0.3) is 0 Å². The van der Waals surface area contributed by atoms with E-state index in [0.717, 1.165) is 62.8 Å². The highest BCUT2D eigenvalue weighted by atomic mass is 16.5. The van der Waals surface area contributed by atoms with Crippen molar-refractivity contribution in [3.05, 3.63) is 47.8 Å². The summed E-state index contributed by atoms with van der Waals surface area (Å²) in [7, 11) is 0. The van der Waals surface area contributed by atoms with Gasteiger partial charge in [-0.05, 0) is 38.2 Å². The molecule has 1 saturated heterocycles. The Balaban J connectivity index is 1.46. The number of benzene rings is 1. The lowest BCUT2D eigenvalue weighted by molar-refractivity contribution is 0.120. The van der Waals surface area contributed by atoms with Gasteiger partial charge in [-0.2, -0.15) is 0 Å². The van der Waals surface area contributed by atoms with Crippen LogP contribution in [-0.2, 0) is 11.2 Å². The van der Waals surface area contributed by atoms with E-state index in [1.54, 1.807) is 0 Å². The van der Waals surface area contributed by atoms with Gasteiger partial charge in [-0.15, -0.1) is 0 Å². The summed E-state index contributed by atoms with van der Waals surface area (Å²) in [5.74, 6) is 2.52. The van der Waals surface area contributed by atoms with Gasteiger partial charge in [0.05, 0.1) is 6.10 Å². The number of ether oxygens (including phenoxy) is 1. The number of nitrogens with zero attached hydrogens (tertiary/aromatic N) is 2. The molecular formula is C19H26N4O. The van der Waals surface area contributed by atoms with Crippen LogP contribution in [0, 0.1) is 6.92 Å². The summed E-state index contributed by atoms with van der Waals surface area (Å²) >= 11 is 0. The Morgan fingerprint density at radius 3 is 2.67 bits per heavy atom. The molecule has 2 heterocycles. The third kappa shape index (κ3) is 5.20. The molecule has 1 unspecified atom stereocenters. The van der Waals surface area contributed by atoms with Crippen molar-refractivity contribution in [1.29, 1.82) is 0 Å². The topological polar surface area (TPSA) is 59.1 Å². The molecule has 0 spiro atoms. The zero-order chi connectivity index (χ0) is 16.6. The van der Waals surface area contributed by atoms with Crippen LogP contribution in [0.5, 0.6) is 0 Å². The Hall–Kier alpha value is -2.14. The monoisotopic (exact) mass is 326 g/mol. The van der Waals surface area contributed by atoms with Crippen molar-refractivity contribution < 1.29 is 4.74 Å². The van der Waals surface area contributed by atoms with Crippen LogP contribution in [0.1, 0.15) is 30.7 Å². The zero-order valence-electron chi connectivity index (χ0n) is 14.3. The van der Waals surface area contributed by atoms with Crippen molar-refractivity contribution in [2.45, 2.75) is 38.7 Å². The lowest BCUT2D eigenvalue weighted by atomic mass is 10.1. The van der Waals surface area contributed by atoms with Gasteiger partial charge in [-0.1, -0.05) is 30.3 Å². The highest BCUT2D eigenvalue weighted by Gasteiger charge is 2.15. The Morgan fingerprint density at radius 1 is 1.12 bits per heavy atom. The minimum atomic E-state index is 0.308. The first-order valence-electron chi connectivity index (χ1n) is 8.78. The van der Waals surface area contributed by atoms with Gasteiger partial charge in [0.25, 0.3) is 0 Å². The minimum Gasteiger partial charge on any atom is -0.376 e. The smallest absolute Gasteiger partial charge is 0.131 e. The minimum absolute atomic E-state index is 0.308. The fourth-order valence-electron chi connectivity index (χ4n) is 2.93. The van der Waals surface area contributed by atoms with E-state index >= 15 is 0 Å². The van der Waals surface area contributed by atoms with Crippen LogP contribution in [0.15, 0.2) is 36.4 Å². The van der Waals surface area contributed by atoms with Gasteiger partial charge in [0.15, 0.2) is 0 Å². The highest BCUT2D eigenvalue weighted by Crippen LogP contribution is 2.15. The number of hydrogen-bond donors (Lipinski definition) is 2. The molecule has 1 aromatic heterocycles. The van der Waals surface area contributed by atoms with Gasteiger partial charge in [-0.25, -0.2) is 9.97 Å². The Labute approximate surface area is 143 Å². The van der Waals surface area contributed by atoms with E-state index in [0.29, 0.717) is 6.10 Å². The van der Waals surface area contributed by atoms with Crippen molar-refractivity contribution >= 4 is 11.6 Å². The summed E-state index contributed by atoms with van der Waals surface area (Å²) in [6.07, 6.45) is 4.74. The van der Waals surface area contributed by atoms with Crippen LogP contribution in [0.4, 0.5) is 11.6 Å². The Morgan fingerprint density at radius 2 is 1.92 bits per heavy atom. The standard InChI is InChI=1S/C19H26N4O/c1-15-22-18(20-11-5-9-16-7-3-2-4-8-16)13-19(23-15)21-14-17-10-6-12-24-17/h2-4,7-8,13,17H,5-6,9-12,14H2,1H3,(H2,20,21,22,23). The second-order valence-corrected chi connectivity index (χ2v) is 6.22. The molecule has 0 amide bonds. The third-order valence-electron chi connectivity index (χ3n) is 4.16. The van der Waals surface area contributed by atoms with E-state index < -0.39 is 0 Å². The maximum atomic E-state index is 5.64. The Kier molecular flexibility index (Phi) is 6.01. The number of rotatable bonds is 8. The molecule has 0 aliphatic carbocycles. The first kappa shape index (κ1) is 16.7. The molecular weight excluding hydrogens is 300 g/mol. The maximum Gasteiger partial charge on any atom is 0.131 e. The number of nitrogens with one attached hydrogen (secondary N) is 2. The van der Waals surface area contributed by atoms with Crippen LogP contribution >= 0.6 is 0 Å². The molecule has 2 N–H and O–H groups in total. The molecule has 1 aliphatic heterocycles. The van der Waals surface area contributed by atoms with Crippen LogP contribution in [0.2, 0.25) is 0 Å². The zero-order valence-corrected chi connectivity index (χ0v) is 14.3. The van der Waals surface area contributed by atoms with E-state index in [1.165, 1.54) is 5.56 Å². The fraction of sp³-hybridized carbons (Fsp3) is 0.474. The van der Waals surface area contributed by atoms with E-state index in [-0.39, 0.29) is 0 Å². The summed E-state index contributed by atoms with van der Waals surface area (Å²) in [5.41, 5.74) is 1.37. The van der Waals surface area contributed by atoms with Gasteiger partial charge >= 0.3 is 0 Å². The van der Waals surface area contributed by atoms with E-state index in [1.807, 2.05) is 13.0 Å². The van der Waals surface area contributed by atoms with E-state index in [4.69, 9.17) is 4.74 Å². The van der Waals surface area contributed by atoms with Gasteiger partial charge in [0, 0.05) is 25.8 Å². The van der Waals surface area contributed by atoms with Crippen LogP contribution in [0.3, 0.4) is 0 Å². The molecule has 5 heteroatoms. The van der Waals surface area contributed by atoms with Crippen molar-refractivity contribution in [1.82, 2.24) is 9.97 Å². The molecule has 0 bridgehead atoms. The molecule has 5 nitrogen and oxygen atoms in total. The summed E-state index contributed by atoms with van der Waals surface area (Å²) < 4.78 is 5.64. The average molecular weight is 326 g/mol. The molecule has 1 aliphatic rings. The molecule has 24 heavy (non-hydrogen) atoms. The van der Waals surface area contributed by atoms with Gasteiger partial charge < -0.3 is 15.4 Å². The quantitative estimate of drug-likeness (QED) is 0.728. The highest BCUT2D eigenvalue weighted by molar-refractivity contribution is 5.47. The normalized spacial score (nSPS) is 17.0. The number of aromatic nitrogens is 2. The summed E-state index contributed by atoms with van der Waals surface area (Å²) in [6.45, 7) is 4.51. The number of anilines is 2. The Bertz CT molecular complexity index is 627. The average Bonchev–Trinajstić information content (AvgIpc) is 3.11. The summed E-state index contributed by atoms with van der Waals surface area (Å²) in [6, 6.07) is 12.5. The fourth-order valence-corrected chi connectivity index (χ4v) is 2.93. The summed E-state index contributed by atoms with van der Waals surface area (Å²) in [5, 5.41) is 6.77. The summed E-state index contributed by atoms with van der Waals surface area (Å²) in [4.78, 5) is 8.92. The number of aryl methyl sites for hydroxylation is 2. The molecule has 1 atom stereocenters. The maximum absolute atomic E-state index is 5.64. The molecule has 0 radical (unpaired) electrons. The van der Waals surface area contributed by atoms with Crippen molar-refractivity contribution in [2.24, 2.45) is 0 Å².